The molecule has 2 aliphatic carbocycles. The highest BCUT2D eigenvalue weighted by Gasteiger charge is 2.54. The molecule has 0 saturated heterocycles. The molecule has 0 radical (unpaired) electrons. The van der Waals surface area contributed by atoms with Gasteiger partial charge in [-0.3, -0.25) is 0 Å². The van der Waals surface area contributed by atoms with Crippen molar-refractivity contribution in [2.24, 2.45) is 23.2 Å². The Labute approximate surface area is 88.7 Å². The molecule has 2 saturated carbocycles. The molecule has 14 heavy (non-hydrogen) atoms. The second kappa shape index (κ2) is 3.52. The van der Waals surface area contributed by atoms with E-state index >= 15 is 0 Å². The normalized spacial score (nSPS) is 44.6. The quantitative estimate of drug-likeness (QED) is 0.730. The Hall–Kier alpha value is -0.0400. The van der Waals surface area contributed by atoms with E-state index in [0.717, 1.165) is 23.8 Å². The molecule has 0 heterocycles. The highest BCUT2D eigenvalue weighted by atomic mass is 14.9. The topological polar surface area (TPSA) is 12.0 Å². The molecule has 2 aliphatic rings. The third kappa shape index (κ3) is 1.41. The third-order valence-corrected chi connectivity index (χ3v) is 5.14. The summed E-state index contributed by atoms with van der Waals surface area (Å²) < 4.78 is 0. The lowest BCUT2D eigenvalue weighted by Crippen LogP contribution is -2.43. The van der Waals surface area contributed by atoms with Crippen LogP contribution >= 0.6 is 0 Å². The van der Waals surface area contributed by atoms with Crippen molar-refractivity contribution >= 4 is 0 Å². The minimum atomic E-state index is 0.606. The Morgan fingerprint density at radius 2 is 2.00 bits per heavy atom. The van der Waals surface area contributed by atoms with Gasteiger partial charge in [0.05, 0.1) is 0 Å². The summed E-state index contributed by atoms with van der Waals surface area (Å²) in [5, 5.41) is 3.73. The van der Waals surface area contributed by atoms with Gasteiger partial charge < -0.3 is 5.32 Å². The van der Waals surface area contributed by atoms with Crippen LogP contribution in [0.15, 0.2) is 0 Å². The second-order valence-electron chi connectivity index (χ2n) is 6.00. The first kappa shape index (κ1) is 10.5. The van der Waals surface area contributed by atoms with Gasteiger partial charge in [0.2, 0.25) is 0 Å². The molecule has 1 N–H and O–H groups in total. The molecule has 0 aromatic rings. The molecular formula is C13H25N. The molecule has 0 amide bonds. The summed E-state index contributed by atoms with van der Waals surface area (Å²) in [6.07, 6.45) is 4.18. The molecule has 0 aromatic carbocycles. The maximum absolute atomic E-state index is 3.73. The maximum Gasteiger partial charge on any atom is 0.0101 e. The molecular weight excluding hydrogens is 170 g/mol. The van der Waals surface area contributed by atoms with Crippen molar-refractivity contribution in [2.75, 3.05) is 6.54 Å². The van der Waals surface area contributed by atoms with Crippen molar-refractivity contribution in [3.63, 3.8) is 0 Å². The van der Waals surface area contributed by atoms with E-state index in [4.69, 9.17) is 0 Å². The summed E-state index contributed by atoms with van der Waals surface area (Å²) in [4.78, 5) is 0. The average Bonchev–Trinajstić information content (AvgIpc) is 2.64. The first-order valence-electron chi connectivity index (χ1n) is 6.30. The van der Waals surface area contributed by atoms with Gasteiger partial charge in [-0.2, -0.15) is 0 Å². The summed E-state index contributed by atoms with van der Waals surface area (Å²) in [5.74, 6) is 2.86. The molecule has 0 aromatic heterocycles. The van der Waals surface area contributed by atoms with E-state index in [1.807, 2.05) is 0 Å². The lowest BCUT2D eigenvalue weighted by Gasteiger charge is -2.40. The number of hydrogen-bond acceptors (Lipinski definition) is 1. The van der Waals surface area contributed by atoms with Gasteiger partial charge in [0.1, 0.15) is 0 Å². The van der Waals surface area contributed by atoms with Crippen LogP contribution in [0.25, 0.3) is 0 Å². The first-order valence-corrected chi connectivity index (χ1v) is 6.30. The minimum Gasteiger partial charge on any atom is -0.314 e. The van der Waals surface area contributed by atoms with Crippen LogP contribution in [0.2, 0.25) is 0 Å². The standard InChI is InChI=1S/C13H25N/c1-5-6-14-12-8-10-7-11(12)9(2)13(10,3)4/h9-12,14H,5-8H2,1-4H3. The maximum atomic E-state index is 3.73. The van der Waals surface area contributed by atoms with Crippen molar-refractivity contribution in [3.8, 4) is 0 Å². The van der Waals surface area contributed by atoms with E-state index in [9.17, 15) is 0 Å². The number of hydrogen-bond donors (Lipinski definition) is 1. The fourth-order valence-electron chi connectivity index (χ4n) is 3.72. The third-order valence-electron chi connectivity index (χ3n) is 5.14. The van der Waals surface area contributed by atoms with E-state index in [2.05, 4.69) is 33.0 Å². The molecule has 2 rings (SSSR count). The molecule has 82 valence electrons. The number of fused-ring (bicyclic) bond motifs is 2. The van der Waals surface area contributed by atoms with Crippen LogP contribution < -0.4 is 5.32 Å². The van der Waals surface area contributed by atoms with Gasteiger partial charge >= 0.3 is 0 Å². The summed E-state index contributed by atoms with van der Waals surface area (Å²) in [6, 6.07) is 0.836. The Morgan fingerprint density at radius 3 is 2.50 bits per heavy atom. The van der Waals surface area contributed by atoms with E-state index in [0.29, 0.717) is 5.41 Å². The molecule has 2 fully saturated rings. The Balaban J connectivity index is 1.98. The lowest BCUT2D eigenvalue weighted by atomic mass is 9.68. The van der Waals surface area contributed by atoms with E-state index < -0.39 is 0 Å². The minimum absolute atomic E-state index is 0.606. The van der Waals surface area contributed by atoms with Gasteiger partial charge in [-0.15, -0.1) is 0 Å². The van der Waals surface area contributed by atoms with Crippen molar-refractivity contribution in [1.29, 1.82) is 0 Å². The van der Waals surface area contributed by atoms with Gasteiger partial charge in [0.25, 0.3) is 0 Å². The largest absolute Gasteiger partial charge is 0.314 e. The molecule has 1 heteroatoms. The monoisotopic (exact) mass is 195 g/mol. The number of rotatable bonds is 3. The Bertz CT molecular complexity index is 205. The molecule has 1 nitrogen and oxygen atoms in total. The lowest BCUT2D eigenvalue weighted by molar-refractivity contribution is 0.112. The predicted octanol–water partition coefficient (Wildman–Crippen LogP) is 3.06. The molecule has 0 spiro atoms. The molecule has 4 unspecified atom stereocenters. The molecule has 4 atom stereocenters. The zero-order valence-corrected chi connectivity index (χ0v) is 10.1. The molecule has 2 bridgehead atoms. The summed E-state index contributed by atoms with van der Waals surface area (Å²) >= 11 is 0. The Morgan fingerprint density at radius 1 is 1.29 bits per heavy atom. The van der Waals surface area contributed by atoms with Crippen molar-refractivity contribution in [2.45, 2.75) is 53.0 Å². The van der Waals surface area contributed by atoms with Crippen LogP contribution in [-0.2, 0) is 0 Å². The SMILES string of the molecule is CCCNC1CC2CC1C(C)C2(C)C. The van der Waals surface area contributed by atoms with Gasteiger partial charge in [-0.05, 0) is 49.0 Å². The first-order chi connectivity index (χ1) is 6.57. The zero-order valence-electron chi connectivity index (χ0n) is 10.1. The van der Waals surface area contributed by atoms with Crippen LogP contribution in [0.1, 0.15) is 47.0 Å². The molecule has 0 aliphatic heterocycles. The highest BCUT2D eigenvalue weighted by molar-refractivity contribution is 5.06. The van der Waals surface area contributed by atoms with Crippen LogP contribution in [-0.4, -0.2) is 12.6 Å². The summed E-state index contributed by atoms with van der Waals surface area (Å²) in [6.45, 7) is 10.9. The van der Waals surface area contributed by atoms with Gasteiger partial charge in [0.15, 0.2) is 0 Å². The summed E-state index contributed by atoms with van der Waals surface area (Å²) in [5.41, 5.74) is 0.606. The smallest absolute Gasteiger partial charge is 0.0101 e. The highest BCUT2D eigenvalue weighted by Crippen LogP contribution is 2.58. The van der Waals surface area contributed by atoms with Gasteiger partial charge in [-0.25, -0.2) is 0 Å². The van der Waals surface area contributed by atoms with Crippen molar-refractivity contribution in [1.82, 2.24) is 5.32 Å². The van der Waals surface area contributed by atoms with E-state index in [1.54, 1.807) is 0 Å². The van der Waals surface area contributed by atoms with Crippen LogP contribution in [0.4, 0.5) is 0 Å². The summed E-state index contributed by atoms with van der Waals surface area (Å²) in [7, 11) is 0. The van der Waals surface area contributed by atoms with Crippen molar-refractivity contribution < 1.29 is 0 Å². The van der Waals surface area contributed by atoms with Crippen LogP contribution in [0.5, 0.6) is 0 Å². The zero-order chi connectivity index (χ0) is 10.3. The fraction of sp³-hybridized carbons (Fsp3) is 1.00. The average molecular weight is 195 g/mol. The van der Waals surface area contributed by atoms with E-state index in [-0.39, 0.29) is 0 Å². The van der Waals surface area contributed by atoms with Crippen molar-refractivity contribution in [3.05, 3.63) is 0 Å². The van der Waals surface area contributed by atoms with Crippen LogP contribution in [0, 0.1) is 23.2 Å². The second-order valence-corrected chi connectivity index (χ2v) is 6.00. The van der Waals surface area contributed by atoms with E-state index in [1.165, 1.54) is 25.8 Å². The fourth-order valence-corrected chi connectivity index (χ4v) is 3.72. The van der Waals surface area contributed by atoms with Gasteiger partial charge in [-0.1, -0.05) is 27.7 Å². The van der Waals surface area contributed by atoms with Crippen LogP contribution in [0.3, 0.4) is 0 Å². The van der Waals surface area contributed by atoms with Gasteiger partial charge in [0, 0.05) is 6.04 Å². The Kier molecular flexibility index (Phi) is 2.63. The number of nitrogens with one attached hydrogen (secondary N) is 1. The predicted molar refractivity (Wildman–Crippen MR) is 61.2 cm³/mol.